The summed E-state index contributed by atoms with van der Waals surface area (Å²) >= 11 is 14.2. The molecule has 0 spiro atoms. The highest BCUT2D eigenvalue weighted by molar-refractivity contribution is 7.98. The van der Waals surface area contributed by atoms with Crippen molar-refractivity contribution in [2.75, 3.05) is 5.75 Å². The van der Waals surface area contributed by atoms with Gasteiger partial charge in [0.1, 0.15) is 6.04 Å². The number of nitrogens with one attached hydrogen (secondary N) is 1. The van der Waals surface area contributed by atoms with Crippen molar-refractivity contribution in [2.45, 2.75) is 69.8 Å². The molecule has 1 aliphatic rings. The van der Waals surface area contributed by atoms with E-state index in [1.165, 1.54) is 5.56 Å². The second-order valence-corrected chi connectivity index (χ2v) is 10.4. The molecule has 7 heteroatoms. The van der Waals surface area contributed by atoms with Crippen molar-refractivity contribution in [1.29, 1.82) is 0 Å². The summed E-state index contributed by atoms with van der Waals surface area (Å²) in [5.41, 5.74) is 2.03. The SMILES string of the molecule is CCC(C(=O)NC1CCCC1)N(Cc1ccc(Cl)cc1Cl)C(=O)CCSCc1ccccc1. The number of halogens is 2. The quantitative estimate of drug-likeness (QED) is 0.354. The van der Waals surface area contributed by atoms with E-state index in [1.807, 2.05) is 31.2 Å². The van der Waals surface area contributed by atoms with E-state index in [0.717, 1.165) is 37.0 Å². The smallest absolute Gasteiger partial charge is 0.243 e. The number of thioether (sulfide) groups is 1. The van der Waals surface area contributed by atoms with Gasteiger partial charge in [0.05, 0.1) is 0 Å². The van der Waals surface area contributed by atoms with Crippen LogP contribution in [0.4, 0.5) is 0 Å². The summed E-state index contributed by atoms with van der Waals surface area (Å²) in [5.74, 6) is 1.45. The van der Waals surface area contributed by atoms with Crippen molar-refractivity contribution >= 4 is 46.8 Å². The van der Waals surface area contributed by atoms with E-state index in [0.29, 0.717) is 28.6 Å². The van der Waals surface area contributed by atoms with Gasteiger partial charge in [0.2, 0.25) is 11.8 Å². The van der Waals surface area contributed by atoms with Gasteiger partial charge in [-0.25, -0.2) is 0 Å². The average molecular weight is 508 g/mol. The second-order valence-electron chi connectivity index (χ2n) is 8.46. The van der Waals surface area contributed by atoms with Crippen LogP contribution in [0.3, 0.4) is 0 Å². The van der Waals surface area contributed by atoms with Crippen molar-refractivity contribution in [3.63, 3.8) is 0 Å². The maximum Gasteiger partial charge on any atom is 0.243 e. The van der Waals surface area contributed by atoms with Crippen LogP contribution >= 0.6 is 35.0 Å². The van der Waals surface area contributed by atoms with Crippen LogP contribution in [0.1, 0.15) is 56.6 Å². The molecule has 0 bridgehead atoms. The predicted molar refractivity (Wildman–Crippen MR) is 139 cm³/mol. The van der Waals surface area contributed by atoms with Gasteiger partial charge < -0.3 is 10.2 Å². The summed E-state index contributed by atoms with van der Waals surface area (Å²) in [7, 11) is 0. The van der Waals surface area contributed by atoms with Crippen LogP contribution in [-0.2, 0) is 21.9 Å². The lowest BCUT2D eigenvalue weighted by atomic mass is 10.1. The fraction of sp³-hybridized carbons (Fsp3) is 0.462. The Morgan fingerprint density at radius 2 is 1.85 bits per heavy atom. The maximum absolute atomic E-state index is 13.3. The Bertz CT molecular complexity index is 920. The third-order valence-corrected chi connectivity index (χ3v) is 7.63. The van der Waals surface area contributed by atoms with E-state index >= 15 is 0 Å². The molecule has 1 fully saturated rings. The second kappa shape index (κ2) is 13.3. The number of benzene rings is 2. The van der Waals surface area contributed by atoms with Crippen LogP contribution in [0.5, 0.6) is 0 Å². The number of hydrogen-bond acceptors (Lipinski definition) is 3. The summed E-state index contributed by atoms with van der Waals surface area (Å²) in [6.45, 7) is 2.24. The molecule has 1 unspecified atom stereocenters. The van der Waals surface area contributed by atoms with Gasteiger partial charge in [0.25, 0.3) is 0 Å². The Morgan fingerprint density at radius 3 is 2.52 bits per heavy atom. The first-order valence-corrected chi connectivity index (χ1v) is 13.5. The summed E-state index contributed by atoms with van der Waals surface area (Å²) < 4.78 is 0. The molecular formula is C26H32Cl2N2O2S. The molecule has 1 saturated carbocycles. The minimum atomic E-state index is -0.524. The van der Waals surface area contributed by atoms with Gasteiger partial charge in [-0.3, -0.25) is 9.59 Å². The third kappa shape index (κ3) is 7.94. The molecule has 0 heterocycles. The minimum absolute atomic E-state index is 0.0324. The molecule has 0 aliphatic heterocycles. The molecule has 0 aromatic heterocycles. The lowest BCUT2D eigenvalue weighted by Crippen LogP contribution is -2.51. The van der Waals surface area contributed by atoms with Gasteiger partial charge in [0, 0.05) is 40.6 Å². The highest BCUT2D eigenvalue weighted by atomic mass is 35.5. The molecule has 178 valence electrons. The molecule has 0 saturated heterocycles. The molecule has 0 radical (unpaired) electrons. The van der Waals surface area contributed by atoms with E-state index in [2.05, 4.69) is 17.4 Å². The summed E-state index contributed by atoms with van der Waals surface area (Å²) in [6.07, 6.45) is 5.22. The molecule has 1 aliphatic carbocycles. The van der Waals surface area contributed by atoms with Crippen molar-refractivity contribution < 1.29 is 9.59 Å². The minimum Gasteiger partial charge on any atom is -0.352 e. The van der Waals surface area contributed by atoms with Gasteiger partial charge in [-0.15, -0.1) is 0 Å². The van der Waals surface area contributed by atoms with Crippen LogP contribution in [-0.4, -0.2) is 34.6 Å². The molecule has 1 N–H and O–H groups in total. The molecule has 33 heavy (non-hydrogen) atoms. The summed E-state index contributed by atoms with van der Waals surface area (Å²) in [5, 5.41) is 4.22. The largest absolute Gasteiger partial charge is 0.352 e. The monoisotopic (exact) mass is 506 g/mol. The number of rotatable bonds is 11. The maximum atomic E-state index is 13.3. The Kier molecular flexibility index (Phi) is 10.4. The van der Waals surface area contributed by atoms with E-state index < -0.39 is 6.04 Å². The first-order chi connectivity index (χ1) is 16.0. The first kappa shape index (κ1) is 25.9. The Labute approximate surface area is 211 Å². The molecular weight excluding hydrogens is 475 g/mol. The summed E-state index contributed by atoms with van der Waals surface area (Å²) in [4.78, 5) is 28.2. The predicted octanol–water partition coefficient (Wildman–Crippen LogP) is 6.48. The molecule has 3 rings (SSSR count). The van der Waals surface area contributed by atoms with E-state index in [1.54, 1.807) is 28.8 Å². The number of hydrogen-bond donors (Lipinski definition) is 1. The molecule has 2 aromatic rings. The molecule has 4 nitrogen and oxygen atoms in total. The Morgan fingerprint density at radius 1 is 1.12 bits per heavy atom. The van der Waals surface area contributed by atoms with Crippen LogP contribution in [0, 0.1) is 0 Å². The zero-order valence-electron chi connectivity index (χ0n) is 19.1. The van der Waals surface area contributed by atoms with Gasteiger partial charge in [-0.2, -0.15) is 11.8 Å². The zero-order valence-corrected chi connectivity index (χ0v) is 21.4. The average Bonchev–Trinajstić information content (AvgIpc) is 3.31. The highest BCUT2D eigenvalue weighted by Crippen LogP contribution is 2.25. The Balaban J connectivity index is 1.68. The van der Waals surface area contributed by atoms with E-state index in [-0.39, 0.29) is 24.4 Å². The van der Waals surface area contributed by atoms with Gasteiger partial charge in [-0.05, 0) is 42.5 Å². The first-order valence-electron chi connectivity index (χ1n) is 11.6. The zero-order chi connectivity index (χ0) is 23.6. The normalized spacial score (nSPS) is 14.8. The van der Waals surface area contributed by atoms with E-state index in [9.17, 15) is 9.59 Å². The van der Waals surface area contributed by atoms with Gasteiger partial charge in [0.15, 0.2) is 0 Å². The van der Waals surface area contributed by atoms with Crippen molar-refractivity contribution in [3.05, 3.63) is 69.7 Å². The molecule has 1 atom stereocenters. The molecule has 2 amide bonds. The third-order valence-electron chi connectivity index (χ3n) is 6.02. The van der Waals surface area contributed by atoms with Crippen LogP contribution < -0.4 is 5.32 Å². The lowest BCUT2D eigenvalue weighted by Gasteiger charge is -2.32. The van der Waals surface area contributed by atoms with Crippen molar-refractivity contribution in [2.24, 2.45) is 0 Å². The van der Waals surface area contributed by atoms with Gasteiger partial charge in [-0.1, -0.05) is 79.4 Å². The molecule has 2 aromatic carbocycles. The number of carbonyl (C=O) groups is 2. The topological polar surface area (TPSA) is 49.4 Å². The number of nitrogens with zero attached hydrogens (tertiary/aromatic N) is 1. The van der Waals surface area contributed by atoms with Crippen molar-refractivity contribution in [1.82, 2.24) is 10.2 Å². The van der Waals surface area contributed by atoms with Gasteiger partial charge >= 0.3 is 0 Å². The van der Waals surface area contributed by atoms with Crippen LogP contribution in [0.25, 0.3) is 0 Å². The van der Waals surface area contributed by atoms with Crippen LogP contribution in [0.2, 0.25) is 10.0 Å². The standard InChI is InChI=1S/C26H32Cl2N2O2S/c1-2-24(26(32)29-22-10-6-7-11-22)30(17-20-12-13-21(27)16-23(20)28)25(31)14-15-33-18-19-8-4-3-5-9-19/h3-5,8-9,12-13,16,22,24H,2,6-7,10-11,14-15,17-18H2,1H3,(H,29,32). The summed E-state index contributed by atoms with van der Waals surface area (Å²) in [6, 6.07) is 15.2. The number of carbonyl (C=O) groups excluding carboxylic acids is 2. The fourth-order valence-corrected chi connectivity index (χ4v) is 5.55. The Hall–Kier alpha value is -1.69. The lowest BCUT2D eigenvalue weighted by molar-refractivity contribution is -0.141. The fourth-order valence-electron chi connectivity index (χ4n) is 4.19. The van der Waals surface area contributed by atoms with Crippen molar-refractivity contribution in [3.8, 4) is 0 Å². The van der Waals surface area contributed by atoms with Crippen LogP contribution in [0.15, 0.2) is 48.5 Å². The van der Waals surface area contributed by atoms with E-state index in [4.69, 9.17) is 23.2 Å². The highest BCUT2D eigenvalue weighted by Gasteiger charge is 2.30. The number of amides is 2.